The maximum absolute atomic E-state index is 12.6. The van der Waals surface area contributed by atoms with Crippen LogP contribution in [-0.4, -0.2) is 22.8 Å². The molecule has 1 aromatic heterocycles. The van der Waals surface area contributed by atoms with E-state index in [9.17, 15) is 14.7 Å². The lowest BCUT2D eigenvalue weighted by Gasteiger charge is -2.23. The summed E-state index contributed by atoms with van der Waals surface area (Å²) in [5.74, 6) is -0.864. The number of hydrogen-bond donors (Lipinski definition) is 1. The van der Waals surface area contributed by atoms with E-state index in [4.69, 9.17) is 10.00 Å². The van der Waals surface area contributed by atoms with Crippen LogP contribution in [0.25, 0.3) is 11.3 Å². The molecule has 0 spiro atoms. The fourth-order valence-electron chi connectivity index (χ4n) is 2.63. The molecule has 1 N–H and O–H groups in total. The number of nitrogens with zero attached hydrogens (tertiary/aromatic N) is 2. The monoisotopic (exact) mass is 326 g/mol. The summed E-state index contributed by atoms with van der Waals surface area (Å²) in [4.78, 5) is 24.4. The highest BCUT2D eigenvalue weighted by Crippen LogP contribution is 2.28. The normalized spacial score (nSPS) is 11.8. The van der Waals surface area contributed by atoms with Gasteiger partial charge < -0.3 is 9.84 Å². The van der Waals surface area contributed by atoms with Gasteiger partial charge >= 0.3 is 5.97 Å². The number of aromatic nitrogens is 1. The van der Waals surface area contributed by atoms with Crippen LogP contribution in [0.2, 0.25) is 0 Å². The Hall–Kier alpha value is -3.07. The average molecular weight is 326 g/mol. The van der Waals surface area contributed by atoms with Crippen LogP contribution in [0.1, 0.15) is 25.5 Å². The first-order valence-electron chi connectivity index (χ1n) is 7.43. The molecule has 2 aromatic rings. The zero-order valence-corrected chi connectivity index (χ0v) is 13.7. The van der Waals surface area contributed by atoms with Crippen LogP contribution >= 0.6 is 0 Å². The van der Waals surface area contributed by atoms with Crippen LogP contribution in [0, 0.1) is 17.2 Å². The second kappa shape index (κ2) is 7.01. The fourth-order valence-corrected chi connectivity index (χ4v) is 2.63. The summed E-state index contributed by atoms with van der Waals surface area (Å²) < 4.78 is 6.37. The van der Waals surface area contributed by atoms with Gasteiger partial charge in [0.15, 0.2) is 0 Å². The lowest BCUT2D eigenvalue weighted by molar-refractivity contribution is -0.142. The summed E-state index contributed by atoms with van der Waals surface area (Å²) >= 11 is 0. The van der Waals surface area contributed by atoms with Gasteiger partial charge in [-0.3, -0.25) is 9.36 Å². The van der Waals surface area contributed by atoms with Crippen molar-refractivity contribution in [2.24, 2.45) is 5.92 Å². The summed E-state index contributed by atoms with van der Waals surface area (Å²) in [7, 11) is 1.53. The van der Waals surface area contributed by atoms with Crippen LogP contribution in [0.4, 0.5) is 0 Å². The number of methoxy groups -OCH3 is 1. The molecule has 0 aliphatic rings. The first-order chi connectivity index (χ1) is 11.4. The Morgan fingerprint density at radius 2 is 2.00 bits per heavy atom. The van der Waals surface area contributed by atoms with E-state index in [1.165, 1.54) is 17.7 Å². The molecule has 0 aliphatic heterocycles. The van der Waals surface area contributed by atoms with Crippen molar-refractivity contribution in [1.82, 2.24) is 4.57 Å². The number of carboxylic acid groups (broad SMARTS) is 1. The second-order valence-electron chi connectivity index (χ2n) is 5.68. The van der Waals surface area contributed by atoms with Gasteiger partial charge in [0.1, 0.15) is 23.4 Å². The van der Waals surface area contributed by atoms with Gasteiger partial charge in [-0.1, -0.05) is 26.0 Å². The van der Waals surface area contributed by atoms with E-state index in [0.29, 0.717) is 17.0 Å². The Labute approximate surface area is 139 Å². The molecule has 0 aliphatic carbocycles. The molecule has 0 radical (unpaired) electrons. The van der Waals surface area contributed by atoms with Crippen molar-refractivity contribution in [2.45, 2.75) is 19.9 Å². The van der Waals surface area contributed by atoms with Crippen molar-refractivity contribution in [3.8, 4) is 23.1 Å². The Morgan fingerprint density at radius 1 is 1.29 bits per heavy atom. The van der Waals surface area contributed by atoms with Gasteiger partial charge in [0, 0.05) is 5.56 Å². The number of aliphatic carboxylic acids is 1. The minimum Gasteiger partial charge on any atom is -0.497 e. The highest BCUT2D eigenvalue weighted by Gasteiger charge is 2.28. The molecule has 0 fully saturated rings. The van der Waals surface area contributed by atoms with Crippen LogP contribution in [0.5, 0.6) is 5.75 Å². The van der Waals surface area contributed by atoms with Crippen molar-refractivity contribution in [3.63, 3.8) is 0 Å². The van der Waals surface area contributed by atoms with E-state index < -0.39 is 17.6 Å². The van der Waals surface area contributed by atoms with E-state index in [1.54, 1.807) is 44.2 Å². The first-order valence-corrected chi connectivity index (χ1v) is 7.43. The highest BCUT2D eigenvalue weighted by atomic mass is 16.5. The van der Waals surface area contributed by atoms with E-state index >= 15 is 0 Å². The third-order valence-electron chi connectivity index (χ3n) is 3.77. The molecule has 2 rings (SSSR count). The van der Waals surface area contributed by atoms with Crippen LogP contribution < -0.4 is 10.3 Å². The van der Waals surface area contributed by atoms with Gasteiger partial charge in [-0.05, 0) is 30.2 Å². The van der Waals surface area contributed by atoms with Crippen LogP contribution in [0.3, 0.4) is 0 Å². The largest absolute Gasteiger partial charge is 0.497 e. The zero-order valence-electron chi connectivity index (χ0n) is 13.7. The molecule has 0 saturated heterocycles. The van der Waals surface area contributed by atoms with Gasteiger partial charge in [0.05, 0.1) is 12.8 Å². The van der Waals surface area contributed by atoms with E-state index in [2.05, 4.69) is 0 Å². The lowest BCUT2D eigenvalue weighted by Crippen LogP contribution is -2.35. The highest BCUT2D eigenvalue weighted by molar-refractivity contribution is 5.74. The standard InChI is InChI=1S/C18H18N2O4/c1-11(2)16(18(22)23)20-15(8-7-13(10-19)17(20)21)12-5-4-6-14(9-12)24-3/h4-9,11,16H,1-3H3,(H,22,23). The molecule has 1 atom stereocenters. The zero-order chi connectivity index (χ0) is 17.9. The maximum Gasteiger partial charge on any atom is 0.327 e. The van der Waals surface area contributed by atoms with E-state index in [1.807, 2.05) is 6.07 Å². The van der Waals surface area contributed by atoms with E-state index in [-0.39, 0.29) is 11.5 Å². The van der Waals surface area contributed by atoms with Crippen molar-refractivity contribution in [2.75, 3.05) is 7.11 Å². The third kappa shape index (κ3) is 3.15. The predicted molar refractivity (Wildman–Crippen MR) is 88.9 cm³/mol. The Kier molecular flexibility index (Phi) is 5.05. The number of benzene rings is 1. The predicted octanol–water partition coefficient (Wildman–Crippen LogP) is 2.68. The number of ether oxygens (including phenoxy) is 1. The molecule has 24 heavy (non-hydrogen) atoms. The summed E-state index contributed by atoms with van der Waals surface area (Å²) in [5, 5.41) is 18.7. The van der Waals surface area contributed by atoms with E-state index in [0.717, 1.165) is 0 Å². The topological polar surface area (TPSA) is 92.3 Å². The molecule has 124 valence electrons. The minimum absolute atomic E-state index is 0.0893. The third-order valence-corrected chi connectivity index (χ3v) is 3.77. The molecular weight excluding hydrogens is 308 g/mol. The van der Waals surface area contributed by atoms with Gasteiger partial charge in [0.25, 0.3) is 5.56 Å². The Morgan fingerprint density at radius 3 is 2.54 bits per heavy atom. The van der Waals surface area contributed by atoms with Crippen molar-refractivity contribution < 1.29 is 14.6 Å². The molecule has 1 unspecified atom stereocenters. The fraction of sp³-hybridized carbons (Fsp3) is 0.278. The van der Waals surface area contributed by atoms with Gasteiger partial charge in [-0.25, -0.2) is 4.79 Å². The average Bonchev–Trinajstić information content (AvgIpc) is 2.56. The second-order valence-corrected chi connectivity index (χ2v) is 5.68. The molecule has 0 saturated carbocycles. The van der Waals surface area contributed by atoms with Gasteiger partial charge in [0.2, 0.25) is 0 Å². The first kappa shape index (κ1) is 17.3. The van der Waals surface area contributed by atoms with Gasteiger partial charge in [-0.15, -0.1) is 0 Å². The van der Waals surface area contributed by atoms with Crippen LogP contribution in [-0.2, 0) is 4.79 Å². The lowest BCUT2D eigenvalue weighted by atomic mass is 10.0. The van der Waals surface area contributed by atoms with Gasteiger partial charge in [-0.2, -0.15) is 5.26 Å². The number of pyridine rings is 1. The van der Waals surface area contributed by atoms with Crippen molar-refractivity contribution >= 4 is 5.97 Å². The summed E-state index contributed by atoms with van der Waals surface area (Å²) in [6.07, 6.45) is 0. The number of hydrogen-bond acceptors (Lipinski definition) is 4. The molecular formula is C18H18N2O4. The molecule has 0 amide bonds. The SMILES string of the molecule is COc1cccc(-c2ccc(C#N)c(=O)n2C(C(=O)O)C(C)C)c1. The molecule has 1 heterocycles. The summed E-state index contributed by atoms with van der Waals surface area (Å²) in [6.45, 7) is 3.44. The Balaban J connectivity index is 2.81. The number of carboxylic acids is 1. The quantitative estimate of drug-likeness (QED) is 0.912. The summed E-state index contributed by atoms with van der Waals surface area (Å²) in [5.41, 5.74) is 0.370. The Bertz CT molecular complexity index is 862. The molecule has 0 bridgehead atoms. The maximum atomic E-state index is 12.6. The summed E-state index contributed by atoms with van der Waals surface area (Å²) in [6, 6.07) is 10.7. The number of nitriles is 1. The minimum atomic E-state index is -1.12. The molecule has 6 nitrogen and oxygen atoms in total. The molecule has 6 heteroatoms. The smallest absolute Gasteiger partial charge is 0.327 e. The molecule has 1 aromatic carbocycles. The number of rotatable bonds is 5. The number of carbonyl (C=O) groups is 1. The van der Waals surface area contributed by atoms with Crippen molar-refractivity contribution in [3.05, 3.63) is 52.3 Å². The van der Waals surface area contributed by atoms with Crippen molar-refractivity contribution in [1.29, 1.82) is 5.26 Å². The van der Waals surface area contributed by atoms with Crippen LogP contribution in [0.15, 0.2) is 41.2 Å².